The third kappa shape index (κ3) is 8.65. The van der Waals surface area contributed by atoms with Crippen LogP contribution in [-0.2, 0) is 23.5 Å². The Labute approximate surface area is 138 Å². The minimum Gasteiger partial charge on any atom is -0.396 e. The maximum absolute atomic E-state index is 8.78. The molecule has 0 unspecified atom stereocenters. The SMILES string of the molecule is CC(C)(C)Sc1[cH-]ccc1CCCO.[Fe+2].c1cc[cH-]c1. The van der Waals surface area contributed by atoms with Gasteiger partial charge in [0.1, 0.15) is 0 Å². The van der Waals surface area contributed by atoms with Gasteiger partial charge in [-0.15, -0.1) is 16.7 Å². The van der Waals surface area contributed by atoms with E-state index in [-0.39, 0.29) is 28.4 Å². The third-order valence-electron chi connectivity index (χ3n) is 2.44. The molecule has 0 amide bonds. The van der Waals surface area contributed by atoms with Crippen molar-refractivity contribution in [3.05, 3.63) is 54.1 Å². The van der Waals surface area contributed by atoms with Gasteiger partial charge in [0.15, 0.2) is 0 Å². The van der Waals surface area contributed by atoms with Crippen molar-refractivity contribution >= 4 is 11.8 Å². The average Bonchev–Trinajstić information content (AvgIpc) is 2.98. The Bertz CT molecular complexity index is 409. The van der Waals surface area contributed by atoms with E-state index in [1.54, 1.807) is 0 Å². The topological polar surface area (TPSA) is 20.2 Å². The third-order valence-corrected chi connectivity index (χ3v) is 3.67. The summed E-state index contributed by atoms with van der Waals surface area (Å²) in [7, 11) is 0. The normalized spacial score (nSPS) is 10.4. The molecule has 1 nitrogen and oxygen atoms in total. The molecular formula is C17H24FeOS. The van der Waals surface area contributed by atoms with Crippen molar-refractivity contribution in [2.75, 3.05) is 6.61 Å². The number of aliphatic hydroxyl groups is 1. The van der Waals surface area contributed by atoms with Crippen LogP contribution in [-0.4, -0.2) is 16.5 Å². The Hall–Kier alpha value is -0.471. The minimum atomic E-state index is 0. The van der Waals surface area contributed by atoms with Gasteiger partial charge in [-0.3, -0.25) is 0 Å². The van der Waals surface area contributed by atoms with Crippen LogP contribution in [0.25, 0.3) is 0 Å². The summed E-state index contributed by atoms with van der Waals surface area (Å²) in [5, 5.41) is 8.78. The Balaban J connectivity index is 0.000000507. The van der Waals surface area contributed by atoms with Gasteiger partial charge in [-0.25, -0.2) is 18.2 Å². The molecule has 2 rings (SSSR count). The Morgan fingerprint density at radius 3 is 2.25 bits per heavy atom. The molecule has 0 aliphatic rings. The maximum atomic E-state index is 8.78. The fourth-order valence-electron chi connectivity index (χ4n) is 1.67. The van der Waals surface area contributed by atoms with E-state index in [1.807, 2.05) is 42.1 Å². The molecule has 0 saturated heterocycles. The van der Waals surface area contributed by atoms with Gasteiger partial charge in [0.2, 0.25) is 0 Å². The standard InChI is InChI=1S/C12H19OS.C5H5.Fe/c1-12(2,3)14-11-8-4-6-10(11)7-5-9-13;1-2-4-5-3-1;/h4,6,8,13H,5,7,9H2,1-3H3;1-5H;/q2*-1;+2. The van der Waals surface area contributed by atoms with E-state index in [0.717, 1.165) is 12.8 Å². The van der Waals surface area contributed by atoms with E-state index in [9.17, 15) is 0 Å². The molecule has 0 saturated carbocycles. The van der Waals surface area contributed by atoms with Crippen molar-refractivity contribution < 1.29 is 22.2 Å². The molecule has 0 aromatic heterocycles. The fourth-order valence-corrected chi connectivity index (χ4v) is 2.77. The Morgan fingerprint density at radius 1 is 1.15 bits per heavy atom. The van der Waals surface area contributed by atoms with Crippen molar-refractivity contribution in [1.29, 1.82) is 0 Å². The second-order valence-corrected chi connectivity index (χ2v) is 7.29. The summed E-state index contributed by atoms with van der Waals surface area (Å²) in [5.41, 5.74) is 1.37. The molecule has 0 aliphatic carbocycles. The van der Waals surface area contributed by atoms with Crippen LogP contribution in [0, 0.1) is 0 Å². The van der Waals surface area contributed by atoms with Gasteiger partial charge in [-0.2, -0.15) is 35.9 Å². The molecule has 0 spiro atoms. The maximum Gasteiger partial charge on any atom is 2.00 e. The zero-order valence-corrected chi connectivity index (χ0v) is 14.4. The van der Waals surface area contributed by atoms with Crippen LogP contribution in [0.15, 0.2) is 53.4 Å². The van der Waals surface area contributed by atoms with E-state index in [0.29, 0.717) is 0 Å². The van der Waals surface area contributed by atoms with Crippen molar-refractivity contribution in [3.8, 4) is 0 Å². The van der Waals surface area contributed by atoms with Crippen molar-refractivity contribution in [2.24, 2.45) is 0 Å². The van der Waals surface area contributed by atoms with E-state index in [1.165, 1.54) is 10.5 Å². The molecule has 0 aliphatic heterocycles. The molecule has 20 heavy (non-hydrogen) atoms. The molecule has 0 bridgehead atoms. The van der Waals surface area contributed by atoms with Gasteiger partial charge in [0.05, 0.1) is 0 Å². The number of hydrogen-bond donors (Lipinski definition) is 1. The zero-order chi connectivity index (χ0) is 14.1. The average molecular weight is 332 g/mol. The number of aryl methyl sites for hydroxylation is 1. The van der Waals surface area contributed by atoms with E-state index >= 15 is 0 Å². The van der Waals surface area contributed by atoms with Crippen LogP contribution < -0.4 is 0 Å². The summed E-state index contributed by atoms with van der Waals surface area (Å²) in [4.78, 5) is 1.37. The van der Waals surface area contributed by atoms with Gasteiger partial charge >= 0.3 is 17.1 Å². The summed E-state index contributed by atoms with van der Waals surface area (Å²) in [5.74, 6) is 0. The first-order valence-corrected chi connectivity index (χ1v) is 7.56. The quantitative estimate of drug-likeness (QED) is 0.501. The fraction of sp³-hybridized carbons (Fsp3) is 0.412. The van der Waals surface area contributed by atoms with Crippen LogP contribution in [0.4, 0.5) is 0 Å². The molecular weight excluding hydrogens is 308 g/mol. The van der Waals surface area contributed by atoms with Crippen LogP contribution in [0.3, 0.4) is 0 Å². The summed E-state index contributed by atoms with van der Waals surface area (Å²) >= 11 is 1.90. The van der Waals surface area contributed by atoms with Crippen molar-refractivity contribution in [3.63, 3.8) is 0 Å². The molecule has 0 heterocycles. The minimum absolute atomic E-state index is 0. The van der Waals surface area contributed by atoms with Crippen LogP contribution in [0.5, 0.6) is 0 Å². The number of thioether (sulfide) groups is 1. The first-order chi connectivity index (χ1) is 9.03. The molecule has 2 aromatic carbocycles. The zero-order valence-electron chi connectivity index (χ0n) is 12.4. The largest absolute Gasteiger partial charge is 2.00 e. The Kier molecular flexibility index (Phi) is 10.0. The number of hydrogen-bond acceptors (Lipinski definition) is 2. The van der Waals surface area contributed by atoms with Gasteiger partial charge in [0, 0.05) is 11.4 Å². The first-order valence-electron chi connectivity index (χ1n) is 6.74. The van der Waals surface area contributed by atoms with Crippen LogP contribution in [0.2, 0.25) is 0 Å². The van der Waals surface area contributed by atoms with Crippen molar-refractivity contribution in [1.82, 2.24) is 0 Å². The van der Waals surface area contributed by atoms with E-state index in [2.05, 4.69) is 39.0 Å². The van der Waals surface area contributed by atoms with Gasteiger partial charge in [-0.05, 0) is 6.42 Å². The summed E-state index contributed by atoms with van der Waals surface area (Å²) in [6.07, 6.45) is 1.85. The molecule has 2 aromatic rings. The molecule has 3 heteroatoms. The monoisotopic (exact) mass is 332 g/mol. The van der Waals surface area contributed by atoms with Gasteiger partial charge in [0.25, 0.3) is 0 Å². The first kappa shape index (κ1) is 19.5. The molecule has 0 fully saturated rings. The molecule has 112 valence electrons. The molecule has 1 N–H and O–H groups in total. The van der Waals surface area contributed by atoms with E-state index < -0.39 is 0 Å². The predicted molar refractivity (Wildman–Crippen MR) is 85.1 cm³/mol. The number of aliphatic hydroxyl groups excluding tert-OH is 1. The molecule has 0 radical (unpaired) electrons. The summed E-state index contributed by atoms with van der Waals surface area (Å²) in [6, 6.07) is 16.4. The van der Waals surface area contributed by atoms with Crippen LogP contribution in [0.1, 0.15) is 32.8 Å². The summed E-state index contributed by atoms with van der Waals surface area (Å²) in [6.45, 7) is 6.95. The number of rotatable bonds is 4. The molecule has 0 atom stereocenters. The second-order valence-electron chi connectivity index (χ2n) is 5.42. The second kappa shape index (κ2) is 10.3. The summed E-state index contributed by atoms with van der Waals surface area (Å²) < 4.78 is 0.266. The Morgan fingerprint density at radius 2 is 1.80 bits per heavy atom. The predicted octanol–water partition coefficient (Wildman–Crippen LogP) is 4.62. The van der Waals surface area contributed by atoms with Crippen LogP contribution >= 0.6 is 11.8 Å². The van der Waals surface area contributed by atoms with Gasteiger partial charge in [-0.1, -0.05) is 27.2 Å². The van der Waals surface area contributed by atoms with E-state index in [4.69, 9.17) is 5.11 Å². The van der Waals surface area contributed by atoms with Crippen molar-refractivity contribution in [2.45, 2.75) is 43.3 Å². The van der Waals surface area contributed by atoms with Gasteiger partial charge < -0.3 is 5.11 Å². The smallest absolute Gasteiger partial charge is 0.396 e.